The van der Waals surface area contributed by atoms with Gasteiger partial charge in [0.25, 0.3) is 10.0 Å². The summed E-state index contributed by atoms with van der Waals surface area (Å²) in [6, 6.07) is 20.3. The highest BCUT2D eigenvalue weighted by Gasteiger charge is 2.33. The first-order valence-corrected chi connectivity index (χ1v) is 14.9. The summed E-state index contributed by atoms with van der Waals surface area (Å²) in [6.45, 7) is 7.50. The van der Waals surface area contributed by atoms with Crippen molar-refractivity contribution in [3.63, 3.8) is 0 Å². The van der Waals surface area contributed by atoms with Gasteiger partial charge in [-0.3, -0.25) is 13.9 Å². The van der Waals surface area contributed by atoms with E-state index in [9.17, 15) is 18.0 Å². The van der Waals surface area contributed by atoms with Crippen molar-refractivity contribution in [1.29, 1.82) is 0 Å². The van der Waals surface area contributed by atoms with E-state index in [1.807, 2.05) is 51.1 Å². The average molecular weight is 570 g/mol. The number of likely N-dealkylation sites (N-methyl/N-ethyl adjacent to an activating group) is 1. The van der Waals surface area contributed by atoms with Crippen LogP contribution in [0.2, 0.25) is 5.02 Å². The molecule has 2 amide bonds. The summed E-state index contributed by atoms with van der Waals surface area (Å²) in [5.41, 5.74) is 2.89. The van der Waals surface area contributed by atoms with E-state index >= 15 is 0 Å². The van der Waals surface area contributed by atoms with Crippen molar-refractivity contribution in [2.45, 2.75) is 51.5 Å². The Labute approximate surface area is 236 Å². The molecule has 0 fully saturated rings. The molecule has 0 unspecified atom stereocenters. The van der Waals surface area contributed by atoms with Crippen LogP contribution in [0.5, 0.6) is 0 Å². The van der Waals surface area contributed by atoms with E-state index in [1.165, 1.54) is 17.0 Å². The molecule has 1 atom stereocenters. The van der Waals surface area contributed by atoms with Crippen LogP contribution in [0, 0.1) is 13.8 Å². The van der Waals surface area contributed by atoms with Crippen LogP contribution in [-0.4, -0.2) is 50.8 Å². The smallest absolute Gasteiger partial charge is 0.264 e. The van der Waals surface area contributed by atoms with Crippen LogP contribution in [0.4, 0.5) is 5.69 Å². The molecule has 3 rings (SSSR count). The third-order valence-corrected chi connectivity index (χ3v) is 8.55. The minimum atomic E-state index is -4.12. The number of benzene rings is 3. The van der Waals surface area contributed by atoms with Gasteiger partial charge < -0.3 is 10.2 Å². The van der Waals surface area contributed by atoms with Gasteiger partial charge in [-0.05, 0) is 75.1 Å². The molecule has 0 aromatic heterocycles. The molecule has 0 heterocycles. The van der Waals surface area contributed by atoms with Crippen molar-refractivity contribution in [3.05, 3.63) is 94.5 Å². The number of hydrogen-bond acceptors (Lipinski definition) is 4. The van der Waals surface area contributed by atoms with E-state index in [2.05, 4.69) is 5.32 Å². The van der Waals surface area contributed by atoms with E-state index in [-0.39, 0.29) is 17.3 Å². The van der Waals surface area contributed by atoms with Crippen molar-refractivity contribution < 1.29 is 18.0 Å². The summed E-state index contributed by atoms with van der Waals surface area (Å²) in [5.74, 6) is -0.730. The van der Waals surface area contributed by atoms with E-state index in [0.29, 0.717) is 35.7 Å². The molecule has 0 spiro atoms. The van der Waals surface area contributed by atoms with Crippen LogP contribution < -0.4 is 9.62 Å². The number of anilines is 1. The zero-order valence-corrected chi connectivity index (χ0v) is 24.4. The minimum absolute atomic E-state index is 0.0712. The van der Waals surface area contributed by atoms with Crippen LogP contribution in [0.15, 0.2) is 77.7 Å². The lowest BCUT2D eigenvalue weighted by Gasteiger charge is -2.33. The van der Waals surface area contributed by atoms with Gasteiger partial charge in [0.1, 0.15) is 12.6 Å². The Morgan fingerprint density at radius 3 is 2.21 bits per heavy atom. The molecule has 1 N–H and O–H groups in total. The Morgan fingerprint density at radius 2 is 1.62 bits per heavy atom. The molecule has 3 aromatic rings. The van der Waals surface area contributed by atoms with Crippen LogP contribution in [0.1, 0.15) is 37.0 Å². The fraction of sp³-hybridized carbons (Fsp3) is 0.333. The second-order valence-electron chi connectivity index (χ2n) is 9.40. The zero-order chi connectivity index (χ0) is 28.6. The Balaban J connectivity index is 2.04. The van der Waals surface area contributed by atoms with Gasteiger partial charge >= 0.3 is 0 Å². The van der Waals surface area contributed by atoms with E-state index in [4.69, 9.17) is 11.6 Å². The average Bonchev–Trinajstić information content (AvgIpc) is 2.90. The predicted octanol–water partition coefficient (Wildman–Crippen LogP) is 5.14. The Bertz CT molecular complexity index is 1380. The SMILES string of the molecule is CCNC(=O)[C@H](CC)N(CCc1ccccc1)C(=O)CN(c1ccc(Cl)cc1C)S(=O)(=O)c1ccc(C)cc1. The first-order valence-electron chi connectivity index (χ1n) is 13.0. The summed E-state index contributed by atoms with van der Waals surface area (Å²) >= 11 is 6.16. The lowest BCUT2D eigenvalue weighted by atomic mass is 10.1. The van der Waals surface area contributed by atoms with Gasteiger partial charge in [0.05, 0.1) is 10.6 Å². The molecule has 39 heavy (non-hydrogen) atoms. The number of hydrogen-bond donors (Lipinski definition) is 1. The molecule has 0 saturated carbocycles. The summed E-state index contributed by atoms with van der Waals surface area (Å²) < 4.78 is 29.0. The minimum Gasteiger partial charge on any atom is -0.355 e. The number of amides is 2. The molecule has 0 radical (unpaired) electrons. The largest absolute Gasteiger partial charge is 0.355 e. The normalized spacial score (nSPS) is 12.0. The maximum absolute atomic E-state index is 14.0. The fourth-order valence-corrected chi connectivity index (χ4v) is 6.14. The highest BCUT2D eigenvalue weighted by Crippen LogP contribution is 2.29. The van der Waals surface area contributed by atoms with Crippen LogP contribution in [0.3, 0.4) is 0 Å². The monoisotopic (exact) mass is 569 g/mol. The number of nitrogens with one attached hydrogen (secondary N) is 1. The summed E-state index contributed by atoms with van der Waals surface area (Å²) in [7, 11) is -4.12. The number of carbonyl (C=O) groups excluding carboxylic acids is 2. The summed E-state index contributed by atoms with van der Waals surface area (Å²) in [5, 5.41) is 3.27. The number of sulfonamides is 1. The lowest BCUT2D eigenvalue weighted by Crippen LogP contribution is -2.53. The molecule has 0 aliphatic carbocycles. The van der Waals surface area contributed by atoms with Gasteiger partial charge in [0, 0.05) is 18.1 Å². The molecule has 0 aliphatic heterocycles. The first-order chi connectivity index (χ1) is 18.6. The van der Waals surface area contributed by atoms with E-state index in [1.54, 1.807) is 37.3 Å². The molecular weight excluding hydrogens is 534 g/mol. The second-order valence-corrected chi connectivity index (χ2v) is 11.7. The predicted molar refractivity (Wildman–Crippen MR) is 157 cm³/mol. The number of halogens is 1. The van der Waals surface area contributed by atoms with Crippen LogP contribution >= 0.6 is 11.6 Å². The van der Waals surface area contributed by atoms with Crippen LogP contribution in [-0.2, 0) is 26.0 Å². The number of carbonyl (C=O) groups is 2. The number of rotatable bonds is 12. The highest BCUT2D eigenvalue weighted by atomic mass is 35.5. The third kappa shape index (κ3) is 7.61. The third-order valence-electron chi connectivity index (χ3n) is 6.54. The lowest BCUT2D eigenvalue weighted by molar-refractivity contribution is -0.139. The molecule has 0 saturated heterocycles. The quantitative estimate of drug-likeness (QED) is 0.327. The topological polar surface area (TPSA) is 86.8 Å². The van der Waals surface area contributed by atoms with Crippen molar-refractivity contribution in [2.75, 3.05) is 23.9 Å². The molecule has 3 aromatic carbocycles. The Kier molecular flexibility index (Phi) is 10.5. The molecular formula is C30H36ClN3O4S. The Morgan fingerprint density at radius 1 is 0.949 bits per heavy atom. The maximum atomic E-state index is 14.0. The standard InChI is InChI=1S/C30H36ClN3O4S/c1-5-27(30(36)32-6-2)33(19-18-24-10-8-7-9-11-24)29(35)21-34(28-17-14-25(31)20-23(28)4)39(37,38)26-15-12-22(3)13-16-26/h7-17,20,27H,5-6,18-19,21H2,1-4H3,(H,32,36)/t27-/m0/s1. The molecule has 0 bridgehead atoms. The summed E-state index contributed by atoms with van der Waals surface area (Å²) in [6.07, 6.45) is 0.907. The van der Waals surface area contributed by atoms with Crippen molar-refractivity contribution >= 4 is 39.1 Å². The number of nitrogens with zero attached hydrogens (tertiary/aromatic N) is 2. The molecule has 0 aliphatic rings. The molecule has 7 nitrogen and oxygen atoms in total. The van der Waals surface area contributed by atoms with Gasteiger partial charge in [-0.15, -0.1) is 0 Å². The van der Waals surface area contributed by atoms with Crippen molar-refractivity contribution in [3.8, 4) is 0 Å². The first kappa shape index (κ1) is 30.2. The van der Waals surface area contributed by atoms with Gasteiger partial charge in [-0.1, -0.05) is 66.6 Å². The number of aryl methyl sites for hydroxylation is 2. The fourth-order valence-electron chi connectivity index (χ4n) is 4.44. The van der Waals surface area contributed by atoms with Crippen molar-refractivity contribution in [1.82, 2.24) is 10.2 Å². The molecule has 208 valence electrons. The molecule has 9 heteroatoms. The van der Waals surface area contributed by atoms with Gasteiger partial charge in [-0.2, -0.15) is 0 Å². The highest BCUT2D eigenvalue weighted by molar-refractivity contribution is 7.92. The van der Waals surface area contributed by atoms with E-state index in [0.717, 1.165) is 15.4 Å². The summed E-state index contributed by atoms with van der Waals surface area (Å²) in [4.78, 5) is 28.5. The van der Waals surface area contributed by atoms with Gasteiger partial charge in [0.15, 0.2) is 0 Å². The zero-order valence-electron chi connectivity index (χ0n) is 22.9. The second kappa shape index (κ2) is 13.6. The van der Waals surface area contributed by atoms with Gasteiger partial charge in [-0.25, -0.2) is 8.42 Å². The van der Waals surface area contributed by atoms with Crippen molar-refractivity contribution in [2.24, 2.45) is 0 Å². The van der Waals surface area contributed by atoms with Crippen LogP contribution in [0.25, 0.3) is 0 Å². The Hall–Kier alpha value is -3.36. The van der Waals surface area contributed by atoms with Gasteiger partial charge in [0.2, 0.25) is 11.8 Å². The maximum Gasteiger partial charge on any atom is 0.264 e. The van der Waals surface area contributed by atoms with E-state index < -0.39 is 28.5 Å².